The first kappa shape index (κ1) is 15.6. The molecule has 3 rings (SSSR count). The Morgan fingerprint density at radius 2 is 2.13 bits per heavy atom. The van der Waals surface area contributed by atoms with Gasteiger partial charge in [0.25, 0.3) is 5.91 Å². The summed E-state index contributed by atoms with van der Waals surface area (Å²) in [6.45, 7) is 2.33. The smallest absolute Gasteiger partial charge is 0.289 e. The predicted octanol–water partition coefficient (Wildman–Crippen LogP) is 2.68. The predicted molar refractivity (Wildman–Crippen MR) is 87.5 cm³/mol. The second-order valence-corrected chi connectivity index (χ2v) is 5.78. The maximum absolute atomic E-state index is 12.2. The summed E-state index contributed by atoms with van der Waals surface area (Å²) in [5, 5.41) is 3.57. The largest absolute Gasteiger partial charge is 0.497 e. The maximum Gasteiger partial charge on any atom is 0.289 e. The molecule has 2 heterocycles. The second kappa shape index (κ2) is 7.33. The van der Waals surface area contributed by atoms with E-state index in [-0.39, 0.29) is 5.91 Å². The number of nitrogens with zero attached hydrogens (tertiary/aromatic N) is 1. The topological polar surface area (TPSA) is 54.7 Å². The normalized spacial score (nSPS) is 15.6. The van der Waals surface area contributed by atoms with E-state index in [1.807, 2.05) is 23.1 Å². The van der Waals surface area contributed by atoms with Crippen LogP contribution in [0.25, 0.3) is 0 Å². The van der Waals surface area contributed by atoms with E-state index in [9.17, 15) is 4.79 Å². The Morgan fingerprint density at radius 3 is 2.83 bits per heavy atom. The van der Waals surface area contributed by atoms with Gasteiger partial charge in [-0.1, -0.05) is 12.1 Å². The number of piperidine rings is 1. The molecule has 1 amide bonds. The van der Waals surface area contributed by atoms with E-state index in [2.05, 4.69) is 11.4 Å². The van der Waals surface area contributed by atoms with Gasteiger partial charge in [0.2, 0.25) is 0 Å². The third kappa shape index (κ3) is 3.93. The number of hydrogen-bond donors (Lipinski definition) is 1. The molecule has 1 N–H and O–H groups in total. The second-order valence-electron chi connectivity index (χ2n) is 5.78. The first-order chi connectivity index (χ1) is 11.3. The number of rotatable bonds is 5. The third-order valence-corrected chi connectivity index (χ3v) is 4.24. The van der Waals surface area contributed by atoms with Crippen molar-refractivity contribution in [2.24, 2.45) is 0 Å². The lowest BCUT2D eigenvalue weighted by molar-refractivity contribution is 0.0672. The van der Waals surface area contributed by atoms with Gasteiger partial charge in [0, 0.05) is 25.7 Å². The molecule has 1 aliphatic rings. The van der Waals surface area contributed by atoms with Crippen LogP contribution in [0.5, 0.6) is 5.75 Å². The van der Waals surface area contributed by atoms with Gasteiger partial charge in [0.05, 0.1) is 13.4 Å². The zero-order valence-electron chi connectivity index (χ0n) is 13.3. The highest BCUT2D eigenvalue weighted by Gasteiger charge is 2.24. The molecule has 1 aromatic heterocycles. The number of carbonyl (C=O) groups is 1. The van der Waals surface area contributed by atoms with E-state index in [0.29, 0.717) is 11.8 Å². The molecule has 5 heteroatoms. The van der Waals surface area contributed by atoms with E-state index in [1.54, 1.807) is 19.2 Å². The van der Waals surface area contributed by atoms with E-state index >= 15 is 0 Å². The summed E-state index contributed by atoms with van der Waals surface area (Å²) in [5.41, 5.74) is 1.21. The summed E-state index contributed by atoms with van der Waals surface area (Å²) < 4.78 is 10.4. The number of furan rings is 1. The monoisotopic (exact) mass is 314 g/mol. The number of carbonyl (C=O) groups excluding carboxylic acids is 1. The fraction of sp³-hybridized carbons (Fsp3) is 0.389. The van der Waals surface area contributed by atoms with Gasteiger partial charge in [-0.3, -0.25) is 4.79 Å². The van der Waals surface area contributed by atoms with Crippen LogP contribution in [-0.4, -0.2) is 37.0 Å². The molecule has 0 atom stereocenters. The van der Waals surface area contributed by atoms with Gasteiger partial charge in [-0.25, -0.2) is 0 Å². The number of hydrogen-bond acceptors (Lipinski definition) is 4. The summed E-state index contributed by atoms with van der Waals surface area (Å²) in [6.07, 6.45) is 3.45. The minimum atomic E-state index is -0.0127. The van der Waals surface area contributed by atoms with Crippen molar-refractivity contribution in [1.82, 2.24) is 10.2 Å². The number of methoxy groups -OCH3 is 1. The summed E-state index contributed by atoms with van der Waals surface area (Å²) in [7, 11) is 1.68. The SMILES string of the molecule is COc1cccc(CNC2CCN(C(=O)c3ccco3)CC2)c1. The van der Waals surface area contributed by atoms with E-state index < -0.39 is 0 Å². The quantitative estimate of drug-likeness (QED) is 0.922. The minimum absolute atomic E-state index is 0.0127. The standard InChI is InChI=1S/C18H22N2O3/c1-22-16-5-2-4-14(12-16)13-19-15-7-9-20(10-8-15)18(21)17-6-3-11-23-17/h2-6,11-12,15,19H,7-10,13H2,1H3. The van der Waals surface area contributed by atoms with Crippen molar-refractivity contribution < 1.29 is 13.9 Å². The molecule has 1 fully saturated rings. The molecule has 5 nitrogen and oxygen atoms in total. The zero-order chi connectivity index (χ0) is 16.1. The fourth-order valence-corrected chi connectivity index (χ4v) is 2.89. The van der Waals surface area contributed by atoms with Crippen LogP contribution in [0.1, 0.15) is 29.0 Å². The van der Waals surface area contributed by atoms with Crippen LogP contribution >= 0.6 is 0 Å². The zero-order valence-corrected chi connectivity index (χ0v) is 13.3. The lowest BCUT2D eigenvalue weighted by Crippen LogP contribution is -2.44. The summed E-state index contributed by atoms with van der Waals surface area (Å²) in [5.74, 6) is 1.29. The molecule has 0 bridgehead atoms. The number of nitrogens with one attached hydrogen (secondary N) is 1. The molecule has 1 saturated heterocycles. The van der Waals surface area contributed by atoms with Gasteiger partial charge in [0.15, 0.2) is 5.76 Å². The highest BCUT2D eigenvalue weighted by atomic mass is 16.5. The van der Waals surface area contributed by atoms with Crippen molar-refractivity contribution in [2.45, 2.75) is 25.4 Å². The van der Waals surface area contributed by atoms with Crippen molar-refractivity contribution in [3.05, 3.63) is 54.0 Å². The number of amides is 1. The molecule has 2 aromatic rings. The number of benzene rings is 1. The van der Waals surface area contributed by atoms with Crippen LogP contribution in [0.2, 0.25) is 0 Å². The highest BCUT2D eigenvalue weighted by molar-refractivity contribution is 5.91. The van der Waals surface area contributed by atoms with E-state index in [4.69, 9.17) is 9.15 Å². The van der Waals surface area contributed by atoms with Crippen LogP contribution in [0.4, 0.5) is 0 Å². The Hall–Kier alpha value is -2.27. The van der Waals surface area contributed by atoms with Crippen molar-refractivity contribution in [2.75, 3.05) is 20.2 Å². The molecule has 0 aliphatic carbocycles. The van der Waals surface area contributed by atoms with Crippen LogP contribution in [0.15, 0.2) is 47.1 Å². The van der Waals surface area contributed by atoms with Crippen LogP contribution in [0, 0.1) is 0 Å². The van der Waals surface area contributed by atoms with Gasteiger partial charge in [0.1, 0.15) is 5.75 Å². The van der Waals surface area contributed by atoms with Crippen molar-refractivity contribution in [3.63, 3.8) is 0 Å². The Balaban J connectivity index is 1.46. The van der Waals surface area contributed by atoms with Gasteiger partial charge in [-0.05, 0) is 42.7 Å². The van der Waals surface area contributed by atoms with Gasteiger partial charge in [-0.2, -0.15) is 0 Å². The van der Waals surface area contributed by atoms with Crippen molar-refractivity contribution in [1.29, 1.82) is 0 Å². The average Bonchev–Trinajstić information content (AvgIpc) is 3.14. The molecule has 0 saturated carbocycles. The van der Waals surface area contributed by atoms with Gasteiger partial charge < -0.3 is 19.4 Å². The molecular formula is C18H22N2O3. The van der Waals surface area contributed by atoms with Crippen molar-refractivity contribution >= 4 is 5.91 Å². The summed E-state index contributed by atoms with van der Waals surface area (Å²) in [6, 6.07) is 12.0. The Labute approximate surface area is 136 Å². The molecule has 1 aromatic carbocycles. The molecule has 1 aliphatic heterocycles. The molecule has 0 radical (unpaired) electrons. The van der Waals surface area contributed by atoms with Crippen LogP contribution in [0.3, 0.4) is 0 Å². The Bertz CT molecular complexity index is 631. The Morgan fingerprint density at radius 1 is 1.30 bits per heavy atom. The fourth-order valence-electron chi connectivity index (χ4n) is 2.89. The number of ether oxygens (including phenoxy) is 1. The lowest BCUT2D eigenvalue weighted by atomic mass is 10.0. The Kier molecular flexibility index (Phi) is 4.98. The molecule has 0 unspecified atom stereocenters. The molecule has 23 heavy (non-hydrogen) atoms. The van der Waals surface area contributed by atoms with E-state index in [1.165, 1.54) is 11.8 Å². The summed E-state index contributed by atoms with van der Waals surface area (Å²) >= 11 is 0. The maximum atomic E-state index is 12.2. The van der Waals surface area contributed by atoms with E-state index in [0.717, 1.165) is 38.2 Å². The highest BCUT2D eigenvalue weighted by Crippen LogP contribution is 2.16. The van der Waals surface area contributed by atoms with Crippen LogP contribution < -0.4 is 10.1 Å². The van der Waals surface area contributed by atoms with Crippen molar-refractivity contribution in [3.8, 4) is 5.75 Å². The van der Waals surface area contributed by atoms with Gasteiger partial charge in [-0.15, -0.1) is 0 Å². The first-order valence-corrected chi connectivity index (χ1v) is 7.95. The summed E-state index contributed by atoms with van der Waals surface area (Å²) in [4.78, 5) is 14.1. The van der Waals surface area contributed by atoms with Gasteiger partial charge >= 0.3 is 0 Å². The number of likely N-dealkylation sites (tertiary alicyclic amines) is 1. The lowest BCUT2D eigenvalue weighted by Gasteiger charge is -2.32. The molecule has 0 spiro atoms. The minimum Gasteiger partial charge on any atom is -0.497 e. The molecule has 122 valence electrons. The first-order valence-electron chi connectivity index (χ1n) is 7.95. The molecular weight excluding hydrogens is 292 g/mol. The van der Waals surface area contributed by atoms with Crippen LogP contribution in [-0.2, 0) is 6.54 Å². The third-order valence-electron chi connectivity index (χ3n) is 4.24. The average molecular weight is 314 g/mol.